The first-order chi connectivity index (χ1) is 16.1. The molecule has 8 nitrogen and oxygen atoms in total. The van der Waals surface area contributed by atoms with Crippen LogP contribution in [0.15, 0.2) is 57.9 Å². The van der Waals surface area contributed by atoms with Gasteiger partial charge >= 0.3 is 11.9 Å². The van der Waals surface area contributed by atoms with E-state index >= 15 is 0 Å². The first kappa shape index (κ1) is 23.3. The molecule has 1 aromatic heterocycles. The highest BCUT2D eigenvalue weighted by Gasteiger charge is 2.36. The van der Waals surface area contributed by atoms with Crippen LogP contribution in [0.25, 0.3) is 17.4 Å². The number of imide groups is 1. The lowest BCUT2D eigenvalue weighted by Gasteiger charge is -2.14. The molecule has 1 aliphatic heterocycles. The first-order valence-corrected chi connectivity index (χ1v) is 10.7. The van der Waals surface area contributed by atoms with Crippen LogP contribution in [-0.4, -0.2) is 38.2 Å². The molecule has 1 aliphatic rings. The minimum absolute atomic E-state index is 0.0144. The van der Waals surface area contributed by atoms with E-state index in [1.54, 1.807) is 0 Å². The molecular weight excluding hydrogens is 489 g/mol. The zero-order chi connectivity index (χ0) is 24.6. The second-order valence-corrected chi connectivity index (χ2v) is 8.48. The van der Waals surface area contributed by atoms with Gasteiger partial charge in [-0.05, 0) is 54.2 Å². The number of thioether (sulfide) groups is 1. The van der Waals surface area contributed by atoms with Crippen LogP contribution in [0.1, 0.15) is 32.0 Å². The van der Waals surface area contributed by atoms with Crippen LogP contribution >= 0.6 is 23.4 Å². The summed E-state index contributed by atoms with van der Waals surface area (Å²) < 4.78 is 19.7. The van der Waals surface area contributed by atoms with Gasteiger partial charge in [0, 0.05) is 22.2 Å². The first-order valence-electron chi connectivity index (χ1n) is 9.54. The molecule has 0 unspecified atom stereocenters. The zero-order valence-electron chi connectivity index (χ0n) is 17.0. The molecule has 0 atom stereocenters. The number of benzene rings is 2. The van der Waals surface area contributed by atoms with E-state index in [9.17, 15) is 33.8 Å². The van der Waals surface area contributed by atoms with Crippen molar-refractivity contribution in [3.8, 4) is 11.3 Å². The van der Waals surface area contributed by atoms with E-state index in [4.69, 9.17) is 16.0 Å². The Morgan fingerprint density at radius 2 is 1.74 bits per heavy atom. The van der Waals surface area contributed by atoms with Gasteiger partial charge in [0.2, 0.25) is 0 Å². The molecule has 34 heavy (non-hydrogen) atoms. The number of hydrogen-bond donors (Lipinski definition) is 2. The molecule has 172 valence electrons. The topological polar surface area (TPSA) is 125 Å². The molecule has 2 heterocycles. The molecule has 0 spiro atoms. The molecule has 0 aliphatic carbocycles. The van der Waals surface area contributed by atoms with Crippen molar-refractivity contribution in [1.82, 2.24) is 4.90 Å². The van der Waals surface area contributed by atoms with Crippen LogP contribution in [0.4, 0.5) is 9.18 Å². The predicted molar refractivity (Wildman–Crippen MR) is 121 cm³/mol. The van der Waals surface area contributed by atoms with Crippen molar-refractivity contribution >= 4 is 52.5 Å². The molecule has 2 amide bonds. The second kappa shape index (κ2) is 9.16. The van der Waals surface area contributed by atoms with E-state index in [0.717, 1.165) is 11.0 Å². The van der Waals surface area contributed by atoms with Gasteiger partial charge in [-0.1, -0.05) is 17.7 Å². The van der Waals surface area contributed by atoms with Crippen LogP contribution in [0.5, 0.6) is 0 Å². The summed E-state index contributed by atoms with van der Waals surface area (Å²) in [5, 5.41) is 17.9. The number of aromatic carboxylic acids is 2. The van der Waals surface area contributed by atoms with Crippen LogP contribution in [0.3, 0.4) is 0 Å². The number of carboxylic acid groups (broad SMARTS) is 2. The molecule has 0 radical (unpaired) electrons. The summed E-state index contributed by atoms with van der Waals surface area (Å²) in [5.74, 6) is -3.58. The number of halogens is 2. The minimum Gasteiger partial charge on any atom is -0.478 e. The van der Waals surface area contributed by atoms with Gasteiger partial charge in [0.25, 0.3) is 11.1 Å². The van der Waals surface area contributed by atoms with Crippen LogP contribution in [-0.2, 0) is 11.3 Å². The number of amides is 2. The maximum absolute atomic E-state index is 14.1. The lowest BCUT2D eigenvalue weighted by Crippen LogP contribution is -2.28. The van der Waals surface area contributed by atoms with Crippen molar-refractivity contribution in [1.29, 1.82) is 0 Å². The SMILES string of the molecule is O=C(O)c1cc(C(=O)O)cc(-c2ccc(/C=C3/SC(=O)N(Cc4c(F)cccc4Cl)C3=O)o2)c1. The lowest BCUT2D eigenvalue weighted by atomic mass is 10.0. The molecule has 4 rings (SSSR count). The molecule has 1 fully saturated rings. The molecule has 2 aromatic carbocycles. The van der Waals surface area contributed by atoms with Crippen molar-refractivity contribution in [2.75, 3.05) is 0 Å². The summed E-state index contributed by atoms with van der Waals surface area (Å²) in [6.07, 6.45) is 1.32. The quantitative estimate of drug-likeness (QED) is 0.432. The maximum atomic E-state index is 14.1. The molecule has 2 N–H and O–H groups in total. The number of carboxylic acids is 2. The van der Waals surface area contributed by atoms with Crippen LogP contribution < -0.4 is 0 Å². The average Bonchev–Trinajstić information content (AvgIpc) is 3.35. The van der Waals surface area contributed by atoms with E-state index < -0.39 is 28.9 Å². The normalized spacial score (nSPS) is 14.8. The molecule has 0 bridgehead atoms. The van der Waals surface area contributed by atoms with Gasteiger partial charge < -0.3 is 14.6 Å². The largest absolute Gasteiger partial charge is 0.478 e. The molecule has 3 aromatic rings. The van der Waals surface area contributed by atoms with Crippen molar-refractivity contribution in [2.24, 2.45) is 0 Å². The van der Waals surface area contributed by atoms with Crippen LogP contribution in [0.2, 0.25) is 5.02 Å². The smallest absolute Gasteiger partial charge is 0.335 e. The highest BCUT2D eigenvalue weighted by molar-refractivity contribution is 8.18. The van der Waals surface area contributed by atoms with E-state index in [0.29, 0.717) is 11.8 Å². The number of nitrogens with zero attached hydrogens (tertiary/aromatic N) is 1. The van der Waals surface area contributed by atoms with Crippen molar-refractivity contribution < 1.29 is 38.2 Å². The number of hydrogen-bond acceptors (Lipinski definition) is 6. The highest BCUT2D eigenvalue weighted by Crippen LogP contribution is 2.35. The summed E-state index contributed by atoms with van der Waals surface area (Å²) in [6, 6.07) is 10.5. The van der Waals surface area contributed by atoms with E-state index in [-0.39, 0.29) is 50.2 Å². The standard InChI is InChI=1S/C23H13ClFNO7S/c24-16-2-1-3-17(25)15(16)10-26-20(27)19(34-23(26)32)9-14-4-5-18(33-14)11-6-12(21(28)29)8-13(7-11)22(30)31/h1-9H,10H2,(H,28,29)(H,30,31)/b19-9+. The Morgan fingerprint density at radius 3 is 2.35 bits per heavy atom. The van der Waals surface area contributed by atoms with Gasteiger partial charge in [-0.25, -0.2) is 14.0 Å². The second-order valence-electron chi connectivity index (χ2n) is 7.08. The Labute approximate surface area is 200 Å². The summed E-state index contributed by atoms with van der Waals surface area (Å²) >= 11 is 6.64. The van der Waals surface area contributed by atoms with Gasteiger partial charge in [-0.15, -0.1) is 0 Å². The Balaban J connectivity index is 1.61. The summed E-state index contributed by atoms with van der Waals surface area (Å²) in [6.45, 7) is -0.336. The fourth-order valence-electron chi connectivity index (χ4n) is 3.21. The van der Waals surface area contributed by atoms with E-state index in [1.807, 2.05) is 0 Å². The van der Waals surface area contributed by atoms with Crippen molar-refractivity contribution in [3.05, 3.63) is 86.7 Å². The van der Waals surface area contributed by atoms with Crippen molar-refractivity contribution in [2.45, 2.75) is 6.54 Å². The van der Waals surface area contributed by atoms with Gasteiger partial charge in [0.15, 0.2) is 0 Å². The monoisotopic (exact) mass is 501 g/mol. The van der Waals surface area contributed by atoms with Gasteiger partial charge in [0.1, 0.15) is 17.3 Å². The maximum Gasteiger partial charge on any atom is 0.335 e. The Morgan fingerprint density at radius 1 is 1.06 bits per heavy atom. The third-order valence-corrected chi connectivity index (χ3v) is 6.12. The number of furan rings is 1. The van der Waals surface area contributed by atoms with Crippen molar-refractivity contribution in [3.63, 3.8) is 0 Å². The van der Waals surface area contributed by atoms with E-state index in [2.05, 4.69) is 0 Å². The van der Waals surface area contributed by atoms with Gasteiger partial charge in [-0.2, -0.15) is 0 Å². The Bertz CT molecular complexity index is 1350. The number of carbonyl (C=O) groups is 4. The highest BCUT2D eigenvalue weighted by atomic mass is 35.5. The Kier molecular flexibility index (Phi) is 6.27. The third-order valence-electron chi connectivity index (χ3n) is 4.86. The molecule has 1 saturated heterocycles. The number of carbonyl (C=O) groups excluding carboxylic acids is 2. The van der Waals surface area contributed by atoms with Crippen LogP contribution in [0, 0.1) is 5.82 Å². The fourth-order valence-corrected chi connectivity index (χ4v) is 4.25. The summed E-state index contributed by atoms with van der Waals surface area (Å²) in [5.41, 5.74) is -0.249. The third kappa shape index (κ3) is 4.59. The predicted octanol–water partition coefficient (Wildman–Crippen LogP) is 5.37. The lowest BCUT2D eigenvalue weighted by molar-refractivity contribution is -0.123. The molecule has 0 saturated carbocycles. The van der Waals surface area contributed by atoms with Gasteiger partial charge in [-0.3, -0.25) is 14.5 Å². The number of rotatable bonds is 6. The van der Waals surface area contributed by atoms with Gasteiger partial charge in [0.05, 0.1) is 22.6 Å². The fraction of sp³-hybridized carbons (Fsp3) is 0.0435. The Hall–Kier alpha value is -3.89. The summed E-state index contributed by atoms with van der Waals surface area (Å²) in [4.78, 5) is 48.6. The molecular formula is C23H13ClFNO7S. The molecule has 11 heteroatoms. The minimum atomic E-state index is -1.31. The zero-order valence-corrected chi connectivity index (χ0v) is 18.5. The summed E-state index contributed by atoms with van der Waals surface area (Å²) in [7, 11) is 0. The van der Waals surface area contributed by atoms with E-state index in [1.165, 1.54) is 48.5 Å². The average molecular weight is 502 g/mol.